The minimum Gasteiger partial charge on any atom is -0.358 e. The minimum atomic E-state index is -0.0165. The Morgan fingerprint density at radius 2 is 1.91 bits per heavy atom. The maximum absolute atomic E-state index is 11.5. The van der Waals surface area contributed by atoms with E-state index in [9.17, 15) is 4.79 Å². The van der Waals surface area contributed by atoms with Gasteiger partial charge in [-0.15, -0.1) is 10.2 Å². The van der Waals surface area contributed by atoms with Crippen LogP contribution in [0, 0.1) is 0 Å². The van der Waals surface area contributed by atoms with E-state index in [0.29, 0.717) is 5.75 Å². The number of piperidine rings is 1. The molecule has 7 heteroatoms. The number of rotatable bonds is 5. The van der Waals surface area contributed by atoms with Gasteiger partial charge in [0.25, 0.3) is 0 Å². The van der Waals surface area contributed by atoms with Crippen molar-refractivity contribution in [2.75, 3.05) is 30.8 Å². The van der Waals surface area contributed by atoms with Crippen molar-refractivity contribution < 1.29 is 4.79 Å². The molecule has 2 heterocycles. The topological polar surface area (TPSA) is 63.1 Å². The van der Waals surface area contributed by atoms with Crippen LogP contribution in [0.5, 0.6) is 0 Å². The smallest absolute Gasteiger partial charge is 0.232 e. The number of aromatic nitrogens is 3. The van der Waals surface area contributed by atoms with Crippen LogP contribution in [-0.4, -0.2) is 46.6 Å². The average molecular weight is 331 g/mol. The van der Waals surface area contributed by atoms with E-state index in [2.05, 4.69) is 25.0 Å². The van der Waals surface area contributed by atoms with E-state index in [1.54, 1.807) is 7.05 Å². The Balaban J connectivity index is 1.93. The van der Waals surface area contributed by atoms with Crippen LogP contribution in [0.2, 0.25) is 0 Å². The predicted molar refractivity (Wildman–Crippen MR) is 92.2 cm³/mol. The van der Waals surface area contributed by atoms with E-state index in [1.807, 2.05) is 30.3 Å². The van der Waals surface area contributed by atoms with E-state index < -0.39 is 0 Å². The quantitative estimate of drug-likeness (QED) is 0.850. The van der Waals surface area contributed by atoms with Crippen LogP contribution < -0.4 is 10.2 Å². The Morgan fingerprint density at radius 1 is 1.17 bits per heavy atom. The predicted octanol–water partition coefficient (Wildman–Crippen LogP) is 2.10. The maximum Gasteiger partial charge on any atom is 0.232 e. The number of hydrogen-bond acceptors (Lipinski definition) is 5. The molecule has 0 bridgehead atoms. The maximum atomic E-state index is 11.5. The summed E-state index contributed by atoms with van der Waals surface area (Å²) in [6.07, 6.45) is 3.64. The molecule has 0 aliphatic carbocycles. The molecule has 0 unspecified atom stereocenters. The number of nitrogens with zero attached hydrogens (tertiary/aromatic N) is 4. The first kappa shape index (κ1) is 15.9. The van der Waals surface area contributed by atoms with Gasteiger partial charge in [-0.3, -0.25) is 9.36 Å². The summed E-state index contributed by atoms with van der Waals surface area (Å²) in [5.41, 5.74) is 1.03. The zero-order chi connectivity index (χ0) is 16.1. The number of nitrogens with one attached hydrogen (secondary N) is 1. The molecule has 0 radical (unpaired) electrons. The first-order chi connectivity index (χ1) is 11.3. The van der Waals surface area contributed by atoms with Crippen LogP contribution in [0.25, 0.3) is 5.69 Å². The second kappa shape index (κ2) is 7.50. The van der Waals surface area contributed by atoms with Crippen molar-refractivity contribution in [3.8, 4) is 5.69 Å². The molecule has 1 aromatic carbocycles. The summed E-state index contributed by atoms with van der Waals surface area (Å²) in [6, 6.07) is 10.1. The molecule has 3 rings (SSSR count). The summed E-state index contributed by atoms with van der Waals surface area (Å²) in [4.78, 5) is 13.8. The van der Waals surface area contributed by atoms with Crippen molar-refractivity contribution in [2.45, 2.75) is 24.4 Å². The molecule has 1 saturated heterocycles. The van der Waals surface area contributed by atoms with Crippen molar-refractivity contribution in [2.24, 2.45) is 0 Å². The molecule has 23 heavy (non-hydrogen) atoms. The fourth-order valence-electron chi connectivity index (χ4n) is 2.66. The van der Waals surface area contributed by atoms with Crippen molar-refractivity contribution in [1.82, 2.24) is 20.1 Å². The molecule has 6 nitrogen and oxygen atoms in total. The summed E-state index contributed by atoms with van der Waals surface area (Å²) in [6.45, 7) is 2.01. The van der Waals surface area contributed by atoms with E-state index in [0.717, 1.165) is 29.9 Å². The third-order valence-electron chi connectivity index (χ3n) is 3.88. The van der Waals surface area contributed by atoms with Gasteiger partial charge in [-0.1, -0.05) is 30.0 Å². The average Bonchev–Trinajstić information content (AvgIpc) is 3.05. The van der Waals surface area contributed by atoms with E-state index in [4.69, 9.17) is 0 Å². The van der Waals surface area contributed by atoms with E-state index in [1.165, 1.54) is 31.0 Å². The number of anilines is 1. The lowest BCUT2D eigenvalue weighted by Crippen LogP contribution is -2.31. The SMILES string of the molecule is CNC(=O)CSc1nnc(N2CCCCC2)n1-c1ccccc1. The second-order valence-corrected chi connectivity index (χ2v) is 6.41. The third kappa shape index (κ3) is 3.67. The highest BCUT2D eigenvalue weighted by molar-refractivity contribution is 7.99. The Kier molecular flexibility index (Phi) is 5.17. The van der Waals surface area contributed by atoms with E-state index in [-0.39, 0.29) is 5.91 Å². The van der Waals surface area contributed by atoms with Gasteiger partial charge in [-0.25, -0.2) is 0 Å². The Morgan fingerprint density at radius 3 is 2.61 bits per heavy atom. The van der Waals surface area contributed by atoms with Crippen molar-refractivity contribution in [3.63, 3.8) is 0 Å². The third-order valence-corrected chi connectivity index (χ3v) is 4.81. The van der Waals surface area contributed by atoms with Crippen molar-refractivity contribution >= 4 is 23.6 Å². The molecular weight excluding hydrogens is 310 g/mol. The molecule has 1 aliphatic heterocycles. The number of amides is 1. The molecule has 1 N–H and O–H groups in total. The normalized spacial score (nSPS) is 14.7. The monoisotopic (exact) mass is 331 g/mol. The highest BCUT2D eigenvalue weighted by atomic mass is 32.2. The van der Waals surface area contributed by atoms with Gasteiger partial charge < -0.3 is 10.2 Å². The fraction of sp³-hybridized carbons (Fsp3) is 0.438. The van der Waals surface area contributed by atoms with E-state index >= 15 is 0 Å². The molecule has 0 spiro atoms. The van der Waals surface area contributed by atoms with Crippen LogP contribution in [-0.2, 0) is 4.79 Å². The molecular formula is C16H21N5OS. The number of thioether (sulfide) groups is 1. The lowest BCUT2D eigenvalue weighted by molar-refractivity contribution is -0.118. The molecule has 0 atom stereocenters. The number of hydrogen-bond donors (Lipinski definition) is 1. The zero-order valence-corrected chi connectivity index (χ0v) is 14.1. The number of carbonyl (C=O) groups is 1. The van der Waals surface area contributed by atoms with Crippen LogP contribution in [0.1, 0.15) is 19.3 Å². The Labute approximate surface area is 140 Å². The van der Waals surface area contributed by atoms with Crippen molar-refractivity contribution in [1.29, 1.82) is 0 Å². The first-order valence-corrected chi connectivity index (χ1v) is 8.87. The molecule has 2 aromatic rings. The minimum absolute atomic E-state index is 0.0165. The lowest BCUT2D eigenvalue weighted by Gasteiger charge is -2.27. The summed E-state index contributed by atoms with van der Waals surface area (Å²) >= 11 is 1.41. The zero-order valence-electron chi connectivity index (χ0n) is 13.2. The van der Waals surface area contributed by atoms with Gasteiger partial charge in [0.05, 0.1) is 11.4 Å². The molecule has 1 aromatic heterocycles. The van der Waals surface area contributed by atoms with Gasteiger partial charge in [0, 0.05) is 20.1 Å². The standard InChI is InChI=1S/C16H21N5OS/c1-17-14(22)12-23-16-19-18-15(20-10-6-3-7-11-20)21(16)13-8-4-2-5-9-13/h2,4-5,8-9H,3,6-7,10-12H2,1H3,(H,17,22). The van der Waals surface area contributed by atoms with Gasteiger partial charge in [0.15, 0.2) is 5.16 Å². The summed E-state index contributed by atoms with van der Waals surface area (Å²) in [7, 11) is 1.64. The molecule has 0 saturated carbocycles. The molecule has 122 valence electrons. The second-order valence-electron chi connectivity index (χ2n) is 5.46. The van der Waals surface area contributed by atoms with Gasteiger partial charge in [-0.05, 0) is 31.4 Å². The van der Waals surface area contributed by atoms with Crippen LogP contribution in [0.15, 0.2) is 35.5 Å². The van der Waals surface area contributed by atoms with Crippen LogP contribution in [0.4, 0.5) is 5.95 Å². The summed E-state index contributed by atoms with van der Waals surface area (Å²) in [5, 5.41) is 12.1. The summed E-state index contributed by atoms with van der Waals surface area (Å²) in [5.74, 6) is 1.19. The van der Waals surface area contributed by atoms with Crippen LogP contribution in [0.3, 0.4) is 0 Å². The molecule has 1 fully saturated rings. The highest BCUT2D eigenvalue weighted by Crippen LogP contribution is 2.28. The van der Waals surface area contributed by atoms with Gasteiger partial charge in [0.1, 0.15) is 0 Å². The molecule has 1 amide bonds. The lowest BCUT2D eigenvalue weighted by atomic mass is 10.1. The Bertz CT molecular complexity index is 652. The molecule has 1 aliphatic rings. The Hall–Kier alpha value is -2.02. The van der Waals surface area contributed by atoms with Gasteiger partial charge in [-0.2, -0.15) is 0 Å². The van der Waals surface area contributed by atoms with Gasteiger partial charge >= 0.3 is 0 Å². The summed E-state index contributed by atoms with van der Waals surface area (Å²) < 4.78 is 2.05. The number of carbonyl (C=O) groups excluding carboxylic acids is 1. The van der Waals surface area contributed by atoms with Crippen LogP contribution >= 0.6 is 11.8 Å². The largest absolute Gasteiger partial charge is 0.358 e. The number of para-hydroxylation sites is 1. The fourth-order valence-corrected chi connectivity index (χ4v) is 3.48. The van der Waals surface area contributed by atoms with Gasteiger partial charge in [0.2, 0.25) is 11.9 Å². The number of benzene rings is 1. The highest BCUT2D eigenvalue weighted by Gasteiger charge is 2.21. The van der Waals surface area contributed by atoms with Crippen molar-refractivity contribution in [3.05, 3.63) is 30.3 Å². The first-order valence-electron chi connectivity index (χ1n) is 7.89.